The van der Waals surface area contributed by atoms with E-state index in [1.807, 2.05) is 37.3 Å². The standard InChI is InChI=1S/C22H24N2O5S/c1-3-28-22(25)16-18-6-8-19(9-7-18)21-12-13-24(23-21)14-15-29-30(26,27)20-10-4-17(2)5-11-20/h4-13H,3,14-16H2,1-2H3. The highest BCUT2D eigenvalue weighted by Gasteiger charge is 2.15. The molecule has 30 heavy (non-hydrogen) atoms. The molecule has 0 aliphatic heterocycles. The molecule has 0 saturated carbocycles. The lowest BCUT2D eigenvalue weighted by Gasteiger charge is -2.06. The fourth-order valence-corrected chi connectivity index (χ4v) is 3.73. The van der Waals surface area contributed by atoms with Crippen LogP contribution in [0.2, 0.25) is 0 Å². The summed E-state index contributed by atoms with van der Waals surface area (Å²) in [6.45, 7) is 4.31. The Kier molecular flexibility index (Phi) is 7.02. The molecule has 0 N–H and O–H groups in total. The summed E-state index contributed by atoms with van der Waals surface area (Å²) in [5, 5.41) is 4.45. The molecule has 0 fully saturated rings. The average Bonchev–Trinajstić information content (AvgIpc) is 3.18. The molecule has 0 aliphatic rings. The van der Waals surface area contributed by atoms with Crippen LogP contribution >= 0.6 is 0 Å². The summed E-state index contributed by atoms with van der Waals surface area (Å²) in [7, 11) is -3.79. The number of ether oxygens (including phenoxy) is 1. The molecule has 8 heteroatoms. The van der Waals surface area contributed by atoms with Gasteiger partial charge in [0.25, 0.3) is 10.1 Å². The molecule has 0 aliphatic carbocycles. The van der Waals surface area contributed by atoms with Gasteiger partial charge in [-0.15, -0.1) is 0 Å². The van der Waals surface area contributed by atoms with Crippen molar-refractivity contribution in [3.05, 3.63) is 71.9 Å². The second-order valence-electron chi connectivity index (χ2n) is 6.73. The maximum atomic E-state index is 12.2. The van der Waals surface area contributed by atoms with Gasteiger partial charge in [-0.3, -0.25) is 13.7 Å². The van der Waals surface area contributed by atoms with Crippen molar-refractivity contribution in [1.29, 1.82) is 0 Å². The number of esters is 1. The fraction of sp³-hybridized carbons (Fsp3) is 0.273. The van der Waals surface area contributed by atoms with E-state index in [0.717, 1.165) is 22.4 Å². The molecule has 7 nitrogen and oxygen atoms in total. The van der Waals surface area contributed by atoms with Crippen molar-refractivity contribution in [3.63, 3.8) is 0 Å². The number of hydrogen-bond acceptors (Lipinski definition) is 6. The van der Waals surface area contributed by atoms with Crippen LogP contribution in [0, 0.1) is 6.92 Å². The second-order valence-corrected chi connectivity index (χ2v) is 8.35. The summed E-state index contributed by atoms with van der Waals surface area (Å²) < 4.78 is 36.1. The highest BCUT2D eigenvalue weighted by Crippen LogP contribution is 2.18. The second kappa shape index (κ2) is 9.69. The van der Waals surface area contributed by atoms with Crippen LogP contribution in [0.15, 0.2) is 65.7 Å². The first-order valence-electron chi connectivity index (χ1n) is 9.62. The zero-order valence-corrected chi connectivity index (χ0v) is 17.8. The molecule has 0 unspecified atom stereocenters. The lowest BCUT2D eigenvalue weighted by molar-refractivity contribution is -0.142. The molecular formula is C22H24N2O5S. The summed E-state index contributed by atoms with van der Waals surface area (Å²) in [4.78, 5) is 11.7. The lowest BCUT2D eigenvalue weighted by atomic mass is 10.1. The Morgan fingerprint density at radius 1 is 1.03 bits per heavy atom. The van der Waals surface area contributed by atoms with Gasteiger partial charge in [0.15, 0.2) is 0 Å². The van der Waals surface area contributed by atoms with Crippen LogP contribution in [0.5, 0.6) is 0 Å². The van der Waals surface area contributed by atoms with Crippen LogP contribution in [0.4, 0.5) is 0 Å². The van der Waals surface area contributed by atoms with E-state index in [-0.39, 0.29) is 23.9 Å². The van der Waals surface area contributed by atoms with E-state index in [0.29, 0.717) is 13.2 Å². The minimum Gasteiger partial charge on any atom is -0.466 e. The summed E-state index contributed by atoms with van der Waals surface area (Å²) >= 11 is 0. The molecule has 0 saturated heterocycles. The van der Waals surface area contributed by atoms with Gasteiger partial charge in [0, 0.05) is 11.8 Å². The number of aryl methyl sites for hydroxylation is 1. The van der Waals surface area contributed by atoms with Crippen molar-refractivity contribution in [2.45, 2.75) is 31.7 Å². The van der Waals surface area contributed by atoms with E-state index in [1.165, 1.54) is 12.1 Å². The van der Waals surface area contributed by atoms with E-state index in [9.17, 15) is 13.2 Å². The Balaban J connectivity index is 1.56. The van der Waals surface area contributed by atoms with Gasteiger partial charge >= 0.3 is 5.97 Å². The van der Waals surface area contributed by atoms with Crippen LogP contribution in [0.3, 0.4) is 0 Å². The Hall–Kier alpha value is -2.97. The van der Waals surface area contributed by atoms with Crippen molar-refractivity contribution in [1.82, 2.24) is 9.78 Å². The third-order valence-electron chi connectivity index (χ3n) is 4.41. The van der Waals surface area contributed by atoms with Crippen LogP contribution in [0.1, 0.15) is 18.1 Å². The van der Waals surface area contributed by atoms with Crippen LogP contribution in [-0.4, -0.2) is 37.4 Å². The monoisotopic (exact) mass is 428 g/mol. The van der Waals surface area contributed by atoms with Gasteiger partial charge in [0.2, 0.25) is 0 Å². The summed E-state index contributed by atoms with van der Waals surface area (Å²) in [6.07, 6.45) is 2.00. The van der Waals surface area contributed by atoms with Gasteiger partial charge < -0.3 is 4.74 Å². The molecule has 1 heterocycles. The third-order valence-corrected chi connectivity index (χ3v) is 5.74. The van der Waals surface area contributed by atoms with Gasteiger partial charge in [-0.05, 0) is 37.6 Å². The predicted molar refractivity (Wildman–Crippen MR) is 112 cm³/mol. The van der Waals surface area contributed by atoms with Crippen molar-refractivity contribution in [2.75, 3.05) is 13.2 Å². The Bertz CT molecular complexity index is 1090. The maximum Gasteiger partial charge on any atom is 0.310 e. The number of nitrogens with zero attached hydrogens (tertiary/aromatic N) is 2. The van der Waals surface area contributed by atoms with Gasteiger partial charge in [-0.1, -0.05) is 42.0 Å². The first-order valence-corrected chi connectivity index (χ1v) is 11.0. The number of benzene rings is 2. The van der Waals surface area contributed by atoms with Gasteiger partial charge in [-0.2, -0.15) is 13.5 Å². The Morgan fingerprint density at radius 2 is 1.73 bits per heavy atom. The van der Waals surface area contributed by atoms with Crippen LogP contribution in [-0.2, 0) is 36.8 Å². The maximum absolute atomic E-state index is 12.2. The largest absolute Gasteiger partial charge is 0.466 e. The predicted octanol–water partition coefficient (Wildman–Crippen LogP) is 3.37. The molecule has 3 rings (SSSR count). The Labute approximate surface area is 176 Å². The van der Waals surface area contributed by atoms with Gasteiger partial charge in [0.1, 0.15) is 0 Å². The molecule has 1 aromatic heterocycles. The Morgan fingerprint density at radius 3 is 2.40 bits per heavy atom. The molecule has 0 atom stereocenters. The number of hydrogen-bond donors (Lipinski definition) is 0. The normalized spacial score (nSPS) is 11.4. The minimum atomic E-state index is -3.79. The SMILES string of the molecule is CCOC(=O)Cc1ccc(-c2ccn(CCOS(=O)(=O)c3ccc(C)cc3)n2)cc1. The average molecular weight is 429 g/mol. The van der Waals surface area contributed by atoms with E-state index in [2.05, 4.69) is 5.10 Å². The number of carbonyl (C=O) groups is 1. The fourth-order valence-electron chi connectivity index (χ4n) is 2.83. The van der Waals surface area contributed by atoms with Crippen LogP contribution in [0.25, 0.3) is 11.3 Å². The van der Waals surface area contributed by atoms with E-state index < -0.39 is 10.1 Å². The number of rotatable bonds is 9. The summed E-state index contributed by atoms with van der Waals surface area (Å²) in [6, 6.07) is 15.9. The molecule has 0 bridgehead atoms. The van der Waals surface area contributed by atoms with Crippen molar-refractivity contribution in [2.24, 2.45) is 0 Å². The smallest absolute Gasteiger partial charge is 0.310 e. The topological polar surface area (TPSA) is 87.5 Å². The first-order chi connectivity index (χ1) is 14.4. The van der Waals surface area contributed by atoms with Crippen molar-refractivity contribution < 1.29 is 22.1 Å². The highest BCUT2D eigenvalue weighted by molar-refractivity contribution is 7.86. The molecular weight excluding hydrogens is 404 g/mol. The van der Waals surface area contributed by atoms with Crippen LogP contribution < -0.4 is 0 Å². The zero-order valence-electron chi connectivity index (χ0n) is 16.9. The van der Waals surface area contributed by atoms with E-state index in [1.54, 1.807) is 29.9 Å². The molecule has 0 radical (unpaired) electrons. The van der Waals surface area contributed by atoms with Gasteiger partial charge in [-0.25, -0.2) is 0 Å². The van der Waals surface area contributed by atoms with Crippen molar-refractivity contribution in [3.8, 4) is 11.3 Å². The molecule has 0 spiro atoms. The molecule has 3 aromatic rings. The van der Waals surface area contributed by atoms with Crippen molar-refractivity contribution >= 4 is 16.1 Å². The van der Waals surface area contributed by atoms with Gasteiger partial charge in [0.05, 0.1) is 36.8 Å². The van der Waals surface area contributed by atoms with E-state index in [4.69, 9.17) is 8.92 Å². The van der Waals surface area contributed by atoms with E-state index >= 15 is 0 Å². The third kappa shape index (κ3) is 5.77. The molecule has 158 valence electrons. The minimum absolute atomic E-state index is 0.0180. The molecule has 0 amide bonds. The summed E-state index contributed by atoms with van der Waals surface area (Å²) in [5.41, 5.74) is 3.49. The number of aromatic nitrogens is 2. The zero-order chi connectivity index (χ0) is 21.6. The summed E-state index contributed by atoms with van der Waals surface area (Å²) in [5.74, 6) is -0.255. The number of carbonyl (C=O) groups excluding carboxylic acids is 1. The quantitative estimate of drug-likeness (QED) is 0.384. The lowest BCUT2D eigenvalue weighted by Crippen LogP contribution is -2.12. The molecule has 2 aromatic carbocycles. The highest BCUT2D eigenvalue weighted by atomic mass is 32.2. The first kappa shape index (κ1) is 21.7.